The van der Waals surface area contributed by atoms with Gasteiger partial charge in [-0.25, -0.2) is 4.98 Å². The first kappa shape index (κ1) is 15.2. The Bertz CT molecular complexity index is 711. The minimum Gasteiger partial charge on any atom is -0.395 e. The van der Waals surface area contributed by atoms with E-state index in [1.165, 1.54) is 11.3 Å². The van der Waals surface area contributed by atoms with Crippen LogP contribution in [0.15, 0.2) is 23.7 Å². The van der Waals surface area contributed by atoms with Crippen LogP contribution in [-0.4, -0.2) is 22.6 Å². The number of hydrogen-bond donors (Lipinski definition) is 2. The van der Waals surface area contributed by atoms with Gasteiger partial charge in [0.1, 0.15) is 4.88 Å². The van der Waals surface area contributed by atoms with Gasteiger partial charge in [0.25, 0.3) is 5.91 Å². The number of hydrogen-bond acceptors (Lipinski definition) is 4. The van der Waals surface area contributed by atoms with Crippen molar-refractivity contribution in [3.05, 3.63) is 45.4 Å². The molecule has 1 amide bonds. The summed E-state index contributed by atoms with van der Waals surface area (Å²) in [4.78, 5) is 16.8. The minimum absolute atomic E-state index is 0.0487. The van der Waals surface area contributed by atoms with Gasteiger partial charge in [-0.2, -0.15) is 0 Å². The van der Waals surface area contributed by atoms with Crippen molar-refractivity contribution in [1.29, 1.82) is 0 Å². The summed E-state index contributed by atoms with van der Waals surface area (Å²) in [5.41, 5.74) is 4.97. The van der Waals surface area contributed by atoms with Crippen LogP contribution < -0.4 is 5.32 Å². The van der Waals surface area contributed by atoms with Crippen LogP contribution in [0.4, 0.5) is 5.69 Å². The van der Waals surface area contributed by atoms with Crippen LogP contribution in [0.5, 0.6) is 0 Å². The molecule has 0 aliphatic heterocycles. The maximum absolute atomic E-state index is 12.1. The highest BCUT2D eigenvalue weighted by atomic mass is 32.1. The lowest BCUT2D eigenvalue weighted by atomic mass is 10.1. The number of nitrogens with one attached hydrogen (secondary N) is 1. The topological polar surface area (TPSA) is 62.2 Å². The third-order valence-corrected chi connectivity index (χ3v) is 3.83. The van der Waals surface area contributed by atoms with Gasteiger partial charge < -0.3 is 10.4 Å². The molecule has 0 saturated carbocycles. The minimum atomic E-state index is -0.159. The fraction of sp³-hybridized carbons (Fsp3) is 0.250. The molecule has 2 N–H and O–H groups in total. The van der Waals surface area contributed by atoms with Gasteiger partial charge in [-0.1, -0.05) is 17.9 Å². The van der Waals surface area contributed by atoms with E-state index in [1.807, 2.05) is 32.0 Å². The SMILES string of the molecule is Cc1ccc(NC(=O)c2scnc2C)cc1C#CCCO. The number of anilines is 1. The van der Waals surface area contributed by atoms with E-state index in [0.29, 0.717) is 17.0 Å². The van der Waals surface area contributed by atoms with E-state index in [1.54, 1.807) is 5.51 Å². The molecule has 5 heteroatoms. The van der Waals surface area contributed by atoms with Gasteiger partial charge >= 0.3 is 0 Å². The number of aliphatic hydroxyl groups is 1. The van der Waals surface area contributed by atoms with Crippen molar-refractivity contribution in [2.24, 2.45) is 0 Å². The zero-order valence-electron chi connectivity index (χ0n) is 11.9. The van der Waals surface area contributed by atoms with Gasteiger partial charge in [0, 0.05) is 17.7 Å². The average Bonchev–Trinajstić information content (AvgIpc) is 2.89. The van der Waals surface area contributed by atoms with Crippen LogP contribution in [0.25, 0.3) is 0 Å². The van der Waals surface area contributed by atoms with Crippen molar-refractivity contribution in [3.8, 4) is 11.8 Å². The lowest BCUT2D eigenvalue weighted by molar-refractivity contribution is 0.103. The predicted molar refractivity (Wildman–Crippen MR) is 84.6 cm³/mol. The van der Waals surface area contributed by atoms with Crippen LogP contribution in [0.2, 0.25) is 0 Å². The molecular formula is C16H16N2O2S. The fourth-order valence-corrected chi connectivity index (χ4v) is 2.45. The Morgan fingerprint density at radius 2 is 2.24 bits per heavy atom. The Morgan fingerprint density at radius 1 is 1.43 bits per heavy atom. The second-order valence-electron chi connectivity index (χ2n) is 4.53. The molecular weight excluding hydrogens is 284 g/mol. The molecule has 0 radical (unpaired) electrons. The van der Waals surface area contributed by atoms with E-state index in [4.69, 9.17) is 5.11 Å². The summed E-state index contributed by atoms with van der Waals surface area (Å²) in [5, 5.41) is 11.6. The van der Waals surface area contributed by atoms with Crippen LogP contribution in [-0.2, 0) is 0 Å². The number of aryl methyl sites for hydroxylation is 2. The molecule has 2 rings (SSSR count). The molecule has 4 nitrogen and oxygen atoms in total. The Labute approximate surface area is 127 Å². The highest BCUT2D eigenvalue weighted by molar-refractivity contribution is 7.12. The van der Waals surface area contributed by atoms with Crippen LogP contribution in [0, 0.1) is 25.7 Å². The number of benzene rings is 1. The van der Waals surface area contributed by atoms with E-state index < -0.39 is 0 Å². The lowest BCUT2D eigenvalue weighted by Crippen LogP contribution is -2.11. The molecule has 1 aromatic carbocycles. The highest BCUT2D eigenvalue weighted by Gasteiger charge is 2.12. The number of carbonyl (C=O) groups excluding carboxylic acids is 1. The van der Waals surface area contributed by atoms with Gasteiger partial charge in [-0.3, -0.25) is 4.79 Å². The number of carbonyl (C=O) groups is 1. The molecule has 0 aliphatic carbocycles. The van der Waals surface area contributed by atoms with Gasteiger partial charge in [0.2, 0.25) is 0 Å². The van der Waals surface area contributed by atoms with Crippen LogP contribution >= 0.6 is 11.3 Å². The van der Waals surface area contributed by atoms with Gasteiger partial charge in [0.15, 0.2) is 0 Å². The summed E-state index contributed by atoms with van der Waals surface area (Å²) >= 11 is 1.32. The molecule has 108 valence electrons. The molecule has 0 unspecified atom stereocenters. The second kappa shape index (κ2) is 7.02. The van der Waals surface area contributed by atoms with Gasteiger partial charge in [-0.05, 0) is 31.5 Å². The first-order chi connectivity index (χ1) is 10.1. The summed E-state index contributed by atoms with van der Waals surface area (Å²) in [6.45, 7) is 3.82. The zero-order valence-corrected chi connectivity index (χ0v) is 12.8. The highest BCUT2D eigenvalue weighted by Crippen LogP contribution is 2.18. The molecule has 0 bridgehead atoms. The number of nitrogens with zero attached hydrogens (tertiary/aromatic N) is 1. The third-order valence-electron chi connectivity index (χ3n) is 2.91. The fourth-order valence-electron chi connectivity index (χ4n) is 1.76. The molecule has 21 heavy (non-hydrogen) atoms. The van der Waals surface area contributed by atoms with Crippen molar-refractivity contribution in [2.45, 2.75) is 20.3 Å². The molecule has 1 heterocycles. The van der Waals surface area contributed by atoms with Crippen molar-refractivity contribution in [1.82, 2.24) is 4.98 Å². The summed E-state index contributed by atoms with van der Waals surface area (Å²) < 4.78 is 0. The normalized spacial score (nSPS) is 9.86. The first-order valence-corrected chi connectivity index (χ1v) is 7.41. The van der Waals surface area contributed by atoms with Crippen LogP contribution in [0.1, 0.15) is 32.9 Å². The van der Waals surface area contributed by atoms with Crippen molar-refractivity contribution in [2.75, 3.05) is 11.9 Å². The quantitative estimate of drug-likeness (QED) is 0.857. The molecule has 0 aliphatic rings. The Morgan fingerprint density at radius 3 is 2.90 bits per heavy atom. The van der Waals surface area contributed by atoms with Crippen LogP contribution in [0.3, 0.4) is 0 Å². The van der Waals surface area contributed by atoms with Crippen molar-refractivity contribution in [3.63, 3.8) is 0 Å². The molecule has 0 saturated heterocycles. The van der Waals surface area contributed by atoms with Crippen molar-refractivity contribution < 1.29 is 9.90 Å². The summed E-state index contributed by atoms with van der Waals surface area (Å²) in [7, 11) is 0. The number of rotatable bonds is 3. The van der Waals surface area contributed by atoms with E-state index in [2.05, 4.69) is 22.1 Å². The molecule has 0 spiro atoms. The predicted octanol–water partition coefficient (Wildman–Crippen LogP) is 2.75. The van der Waals surface area contributed by atoms with E-state index in [9.17, 15) is 4.79 Å². The van der Waals surface area contributed by atoms with E-state index in [0.717, 1.165) is 16.8 Å². The monoisotopic (exact) mass is 300 g/mol. The number of aliphatic hydroxyl groups excluding tert-OH is 1. The second-order valence-corrected chi connectivity index (χ2v) is 5.38. The van der Waals surface area contributed by atoms with Crippen molar-refractivity contribution >= 4 is 22.9 Å². The average molecular weight is 300 g/mol. The van der Waals surface area contributed by atoms with E-state index in [-0.39, 0.29) is 12.5 Å². The maximum atomic E-state index is 12.1. The molecule has 1 aromatic heterocycles. The van der Waals surface area contributed by atoms with Gasteiger partial charge in [0.05, 0.1) is 17.8 Å². The molecule has 0 atom stereocenters. The number of aromatic nitrogens is 1. The smallest absolute Gasteiger partial charge is 0.267 e. The lowest BCUT2D eigenvalue weighted by Gasteiger charge is -2.06. The first-order valence-electron chi connectivity index (χ1n) is 6.53. The summed E-state index contributed by atoms with van der Waals surface area (Å²) in [5.74, 6) is 5.73. The maximum Gasteiger partial charge on any atom is 0.267 e. The Balaban J connectivity index is 2.18. The molecule has 0 fully saturated rings. The number of thiazole rings is 1. The summed E-state index contributed by atoms with van der Waals surface area (Å²) in [6, 6.07) is 5.60. The zero-order chi connectivity index (χ0) is 15.2. The number of amides is 1. The third kappa shape index (κ3) is 3.91. The van der Waals surface area contributed by atoms with E-state index >= 15 is 0 Å². The largest absolute Gasteiger partial charge is 0.395 e. The molecule has 2 aromatic rings. The summed E-state index contributed by atoms with van der Waals surface area (Å²) in [6.07, 6.45) is 0.441. The van der Waals surface area contributed by atoms with Gasteiger partial charge in [-0.15, -0.1) is 11.3 Å². The Hall–Kier alpha value is -2.16. The Kier molecular flexibility index (Phi) is 5.09. The standard InChI is InChI=1S/C16H16N2O2S/c1-11-6-7-14(9-13(11)5-3-4-8-19)18-16(20)15-12(2)17-10-21-15/h6-7,9-10,19H,4,8H2,1-2H3,(H,18,20).